The fourth-order valence-corrected chi connectivity index (χ4v) is 6.68. The van der Waals surface area contributed by atoms with Crippen molar-refractivity contribution < 1.29 is 18.7 Å². The zero-order chi connectivity index (χ0) is 33.6. The Morgan fingerprint density at radius 1 is 1.09 bits per heavy atom. The lowest BCUT2D eigenvalue weighted by atomic mass is 9.98. The number of amides is 2. The highest BCUT2D eigenvalue weighted by Crippen LogP contribution is 2.45. The minimum Gasteiger partial charge on any atom is -0.481 e. The number of rotatable bonds is 8. The molecular formula is C32H30Cl2FN7O5. The molecule has 47 heavy (non-hydrogen) atoms. The van der Waals surface area contributed by atoms with Crippen molar-refractivity contribution >= 4 is 40.7 Å². The van der Waals surface area contributed by atoms with Crippen LogP contribution in [0.2, 0.25) is 10.0 Å². The predicted molar refractivity (Wildman–Crippen MR) is 175 cm³/mol. The monoisotopic (exact) mass is 681 g/mol. The van der Waals surface area contributed by atoms with Gasteiger partial charge in [0.25, 0.3) is 11.5 Å². The molecule has 1 aliphatic heterocycles. The van der Waals surface area contributed by atoms with E-state index < -0.39 is 28.7 Å². The summed E-state index contributed by atoms with van der Waals surface area (Å²) in [5.41, 5.74) is 1.05. The van der Waals surface area contributed by atoms with E-state index in [0.29, 0.717) is 30.1 Å². The Bertz CT molecular complexity index is 2070. The van der Waals surface area contributed by atoms with E-state index in [4.69, 9.17) is 32.9 Å². The van der Waals surface area contributed by atoms with Crippen LogP contribution in [-0.4, -0.2) is 50.8 Å². The first-order valence-electron chi connectivity index (χ1n) is 14.8. The average molecular weight is 683 g/mol. The molecule has 2 aromatic heterocycles. The number of hydrogen-bond acceptors (Lipinski definition) is 8. The van der Waals surface area contributed by atoms with Crippen molar-refractivity contribution in [3.05, 3.63) is 89.9 Å². The Morgan fingerprint density at radius 3 is 2.57 bits per heavy atom. The number of carbonyl (C=O) groups is 2. The van der Waals surface area contributed by atoms with Crippen LogP contribution < -0.4 is 31.9 Å². The number of benzene rings is 2. The van der Waals surface area contributed by atoms with Gasteiger partial charge in [-0.05, 0) is 43.0 Å². The molecule has 2 amide bonds. The van der Waals surface area contributed by atoms with Gasteiger partial charge in [-0.2, -0.15) is 5.10 Å². The minimum atomic E-state index is -0.935. The van der Waals surface area contributed by atoms with Gasteiger partial charge in [0.15, 0.2) is 0 Å². The third kappa shape index (κ3) is 6.01. The van der Waals surface area contributed by atoms with Gasteiger partial charge in [-0.3, -0.25) is 19.0 Å². The van der Waals surface area contributed by atoms with Gasteiger partial charge < -0.3 is 20.7 Å². The molecule has 2 unspecified atom stereocenters. The zero-order valence-electron chi connectivity index (χ0n) is 25.6. The van der Waals surface area contributed by atoms with Gasteiger partial charge in [0.05, 0.1) is 28.5 Å². The largest absolute Gasteiger partial charge is 0.481 e. The number of hydrogen-bond donors (Lipinski definition) is 3. The molecule has 2 atom stereocenters. The molecule has 0 spiro atoms. The maximum absolute atomic E-state index is 15.4. The van der Waals surface area contributed by atoms with Crippen molar-refractivity contribution in [2.45, 2.75) is 37.8 Å². The predicted octanol–water partition coefficient (Wildman–Crippen LogP) is 3.77. The van der Waals surface area contributed by atoms with Gasteiger partial charge in [0.1, 0.15) is 5.82 Å². The van der Waals surface area contributed by atoms with Crippen LogP contribution in [0.1, 0.15) is 46.9 Å². The van der Waals surface area contributed by atoms with Gasteiger partial charge >= 0.3 is 5.69 Å². The molecule has 244 valence electrons. The van der Waals surface area contributed by atoms with Crippen LogP contribution in [0.25, 0.3) is 22.4 Å². The molecule has 3 heterocycles. The number of methoxy groups -OCH3 is 1. The second-order valence-corrected chi connectivity index (χ2v) is 12.2. The van der Waals surface area contributed by atoms with E-state index in [-0.39, 0.29) is 44.9 Å². The standard InChI is InChI=1S/C32H30Cl2FN7O5/c1-41-31(45)28(40-42(2)32(41)46)29(44)38-21-11-9-19(35)25(27(21)34)18-6-4-5-17(26(18)33)22-13-15-7-10-20(24(15)30(39-22)47-3)36-14-16-8-12-23(43)37-16/h4-6,9,11,13,16,20,36H,7-8,10,12,14H2,1-3H3,(H,37,43)(H,38,44). The lowest BCUT2D eigenvalue weighted by Gasteiger charge is -2.20. The average Bonchev–Trinajstić information content (AvgIpc) is 3.67. The fraction of sp³-hybridized carbons (Fsp3) is 0.312. The molecule has 6 rings (SSSR count). The normalized spacial score (nSPS) is 17.0. The molecule has 3 N–H and O–H groups in total. The molecule has 2 aliphatic rings. The summed E-state index contributed by atoms with van der Waals surface area (Å²) < 4.78 is 22.8. The van der Waals surface area contributed by atoms with E-state index in [0.717, 1.165) is 45.7 Å². The van der Waals surface area contributed by atoms with Crippen LogP contribution in [-0.2, 0) is 25.3 Å². The topological polar surface area (TPSA) is 149 Å². The summed E-state index contributed by atoms with van der Waals surface area (Å²) in [6, 6.07) is 9.44. The van der Waals surface area contributed by atoms with E-state index in [1.54, 1.807) is 25.3 Å². The van der Waals surface area contributed by atoms with Gasteiger partial charge in [0, 0.05) is 61.4 Å². The Hall–Kier alpha value is -4.59. The zero-order valence-corrected chi connectivity index (χ0v) is 27.1. The first-order chi connectivity index (χ1) is 22.5. The molecule has 1 saturated heterocycles. The van der Waals surface area contributed by atoms with E-state index >= 15 is 4.39 Å². The van der Waals surface area contributed by atoms with Crippen LogP contribution in [0, 0.1) is 5.82 Å². The Morgan fingerprint density at radius 2 is 1.85 bits per heavy atom. The van der Waals surface area contributed by atoms with Crippen molar-refractivity contribution in [1.82, 2.24) is 30.0 Å². The second kappa shape index (κ2) is 12.9. The first-order valence-corrected chi connectivity index (χ1v) is 15.6. The molecule has 15 heteroatoms. The van der Waals surface area contributed by atoms with Crippen LogP contribution >= 0.6 is 23.2 Å². The highest BCUT2D eigenvalue weighted by molar-refractivity contribution is 6.39. The smallest absolute Gasteiger partial charge is 0.346 e. The molecule has 12 nitrogen and oxygen atoms in total. The molecule has 0 radical (unpaired) electrons. The van der Waals surface area contributed by atoms with Gasteiger partial charge in [-0.1, -0.05) is 41.4 Å². The first kappa shape index (κ1) is 32.4. The summed E-state index contributed by atoms with van der Waals surface area (Å²) >= 11 is 13.6. The third-order valence-electron chi connectivity index (χ3n) is 8.47. The molecular weight excluding hydrogens is 652 g/mol. The van der Waals surface area contributed by atoms with E-state index in [2.05, 4.69) is 21.0 Å². The summed E-state index contributed by atoms with van der Waals surface area (Å²) in [6.07, 6.45) is 2.92. The summed E-state index contributed by atoms with van der Waals surface area (Å²) in [5, 5.41) is 12.8. The molecule has 1 aliphatic carbocycles. The number of aromatic nitrogens is 4. The van der Waals surface area contributed by atoms with Crippen LogP contribution in [0.5, 0.6) is 5.88 Å². The number of nitrogens with zero attached hydrogens (tertiary/aromatic N) is 4. The second-order valence-electron chi connectivity index (χ2n) is 11.4. The molecule has 4 aromatic rings. The van der Waals surface area contributed by atoms with Crippen molar-refractivity contribution in [3.63, 3.8) is 0 Å². The summed E-state index contributed by atoms with van der Waals surface area (Å²) in [5.74, 6) is -1.13. The minimum absolute atomic E-state index is 0.000259. The highest BCUT2D eigenvalue weighted by Gasteiger charge is 2.31. The SMILES string of the molecule is COc1nc(-c2cccc(-c3c(F)ccc(NC(=O)c4nn(C)c(=O)n(C)c4=O)c3Cl)c2Cl)cc2c1C(NCC1CCC(=O)N1)CC2. The number of aryl methyl sites for hydroxylation is 2. The molecule has 0 saturated carbocycles. The highest BCUT2D eigenvalue weighted by atomic mass is 35.5. The van der Waals surface area contributed by atoms with Crippen LogP contribution in [0.3, 0.4) is 0 Å². The summed E-state index contributed by atoms with van der Waals surface area (Å²) in [7, 11) is 4.07. The van der Waals surface area contributed by atoms with Gasteiger partial charge in [0.2, 0.25) is 17.5 Å². The Labute approximate surface area is 277 Å². The van der Waals surface area contributed by atoms with E-state index in [1.165, 1.54) is 20.2 Å². The number of nitrogens with one attached hydrogen (secondary N) is 3. The van der Waals surface area contributed by atoms with Gasteiger partial charge in [-0.25, -0.2) is 18.9 Å². The fourth-order valence-electron chi connectivity index (χ4n) is 6.06. The lowest BCUT2D eigenvalue weighted by Crippen LogP contribution is -2.43. The summed E-state index contributed by atoms with van der Waals surface area (Å²) in [6.45, 7) is 0.638. The maximum Gasteiger partial charge on any atom is 0.346 e. The maximum atomic E-state index is 15.4. The van der Waals surface area contributed by atoms with E-state index in [1.807, 2.05) is 6.07 Å². The van der Waals surface area contributed by atoms with Crippen molar-refractivity contribution in [1.29, 1.82) is 0 Å². The van der Waals surface area contributed by atoms with Crippen molar-refractivity contribution in [2.24, 2.45) is 14.1 Å². The number of ether oxygens (including phenoxy) is 1. The van der Waals surface area contributed by atoms with E-state index in [9.17, 15) is 19.2 Å². The van der Waals surface area contributed by atoms with Crippen molar-refractivity contribution in [3.8, 4) is 28.3 Å². The number of carbonyl (C=O) groups excluding carboxylic acids is 2. The molecule has 2 aromatic carbocycles. The Balaban J connectivity index is 1.32. The van der Waals surface area contributed by atoms with Crippen LogP contribution in [0.15, 0.2) is 46.0 Å². The lowest BCUT2D eigenvalue weighted by molar-refractivity contribution is -0.119. The van der Waals surface area contributed by atoms with Crippen LogP contribution in [0.4, 0.5) is 10.1 Å². The third-order valence-corrected chi connectivity index (χ3v) is 9.27. The number of anilines is 1. The number of halogens is 3. The van der Waals surface area contributed by atoms with Crippen molar-refractivity contribution in [2.75, 3.05) is 19.0 Å². The molecule has 0 bridgehead atoms. The molecule has 1 fully saturated rings. The summed E-state index contributed by atoms with van der Waals surface area (Å²) in [4.78, 5) is 53.9. The quantitative estimate of drug-likeness (QED) is 0.255. The Kier molecular flexibility index (Phi) is 8.88. The number of fused-ring (bicyclic) bond motifs is 1. The van der Waals surface area contributed by atoms with Gasteiger partial charge in [-0.15, -0.1) is 0 Å². The number of pyridine rings is 1.